The lowest BCUT2D eigenvalue weighted by molar-refractivity contribution is 0.122. The van der Waals surface area contributed by atoms with Gasteiger partial charge in [-0.1, -0.05) is 36.4 Å². The van der Waals surface area contributed by atoms with Crippen molar-refractivity contribution in [3.63, 3.8) is 0 Å². The molecule has 0 aliphatic carbocycles. The second-order valence-electron chi connectivity index (χ2n) is 7.74. The zero-order chi connectivity index (χ0) is 21.3. The van der Waals surface area contributed by atoms with E-state index in [-0.39, 0.29) is 0 Å². The first-order chi connectivity index (χ1) is 15.1. The summed E-state index contributed by atoms with van der Waals surface area (Å²) in [5, 5.41) is 10.2. The third-order valence-corrected chi connectivity index (χ3v) is 7.89. The van der Waals surface area contributed by atoms with E-state index in [1.807, 2.05) is 36.4 Å². The molecule has 3 aromatic rings. The average Bonchev–Trinajstić information content (AvgIpc) is 2.84. The second-order valence-corrected chi connectivity index (χ2v) is 9.65. The summed E-state index contributed by atoms with van der Waals surface area (Å²) in [4.78, 5) is 4.71. The van der Waals surface area contributed by atoms with E-state index in [9.17, 15) is 8.42 Å². The quantitative estimate of drug-likeness (QED) is 0.615. The van der Waals surface area contributed by atoms with Crippen LogP contribution < -0.4 is 9.80 Å². The molecule has 0 radical (unpaired) electrons. The molecular weight excluding hydrogens is 414 g/mol. The van der Waals surface area contributed by atoms with Gasteiger partial charge in [-0.15, -0.1) is 5.10 Å². The van der Waals surface area contributed by atoms with E-state index in [2.05, 4.69) is 20.0 Å². The molecule has 2 aromatic carbocycles. The Morgan fingerprint density at radius 1 is 0.839 bits per heavy atom. The zero-order valence-electron chi connectivity index (χ0n) is 17.2. The summed E-state index contributed by atoms with van der Waals surface area (Å²) in [6.45, 7) is 5.07. The number of ether oxygens (including phenoxy) is 1. The van der Waals surface area contributed by atoms with Gasteiger partial charge in [-0.25, -0.2) is 8.42 Å². The average molecular weight is 440 g/mol. The molecule has 1 aromatic heterocycles. The Bertz CT molecular complexity index is 1170. The summed E-state index contributed by atoms with van der Waals surface area (Å²) in [5.74, 6) is 0.784. The van der Waals surface area contributed by atoms with Crippen molar-refractivity contribution >= 4 is 32.3 Å². The van der Waals surface area contributed by atoms with Crippen molar-refractivity contribution in [2.75, 3.05) is 62.3 Å². The normalized spacial score (nSPS) is 18.5. The van der Waals surface area contributed by atoms with Crippen LogP contribution >= 0.6 is 0 Å². The Labute approximate surface area is 182 Å². The summed E-state index contributed by atoms with van der Waals surface area (Å²) < 4.78 is 33.7. The van der Waals surface area contributed by atoms with Crippen LogP contribution in [0.15, 0.2) is 59.6 Å². The highest BCUT2D eigenvalue weighted by molar-refractivity contribution is 7.89. The van der Waals surface area contributed by atoms with E-state index in [1.165, 1.54) is 0 Å². The van der Waals surface area contributed by atoms with Crippen LogP contribution in [0.3, 0.4) is 0 Å². The molecule has 2 aliphatic rings. The number of benzene rings is 2. The smallest absolute Gasteiger partial charge is 0.243 e. The number of piperazine rings is 1. The standard InChI is InChI=1S/C22H25N5O3S/c28-31(29,21-7-3-5-18-4-1-2-6-20(18)21)27-10-8-26(9-11-27)22-16-19(17-23-24-22)25-12-14-30-15-13-25/h1-7,16-17H,8-15H2. The van der Waals surface area contributed by atoms with Gasteiger partial charge in [-0.05, 0) is 11.5 Å². The molecule has 0 saturated carbocycles. The third kappa shape index (κ3) is 3.96. The Morgan fingerprint density at radius 3 is 2.39 bits per heavy atom. The predicted octanol–water partition coefficient (Wildman–Crippen LogP) is 1.98. The number of hydrogen-bond donors (Lipinski definition) is 0. The molecular formula is C22H25N5O3S. The molecule has 2 aliphatic heterocycles. The third-order valence-electron chi connectivity index (χ3n) is 5.93. The van der Waals surface area contributed by atoms with Gasteiger partial charge >= 0.3 is 0 Å². The summed E-state index contributed by atoms with van der Waals surface area (Å²) in [6.07, 6.45) is 1.77. The molecule has 162 valence electrons. The largest absolute Gasteiger partial charge is 0.378 e. The predicted molar refractivity (Wildman–Crippen MR) is 120 cm³/mol. The van der Waals surface area contributed by atoms with Gasteiger partial charge in [0.2, 0.25) is 10.0 Å². The van der Waals surface area contributed by atoms with Crippen molar-refractivity contribution in [3.8, 4) is 0 Å². The van der Waals surface area contributed by atoms with Gasteiger partial charge in [0.1, 0.15) is 0 Å². The molecule has 9 heteroatoms. The van der Waals surface area contributed by atoms with Crippen molar-refractivity contribution in [2.24, 2.45) is 0 Å². The van der Waals surface area contributed by atoms with Gasteiger partial charge in [0.25, 0.3) is 0 Å². The number of hydrogen-bond acceptors (Lipinski definition) is 7. The topological polar surface area (TPSA) is 78.9 Å². The zero-order valence-corrected chi connectivity index (χ0v) is 18.0. The Kier molecular flexibility index (Phi) is 5.47. The molecule has 31 heavy (non-hydrogen) atoms. The number of aromatic nitrogens is 2. The maximum atomic E-state index is 13.4. The Hall–Kier alpha value is -2.75. The van der Waals surface area contributed by atoms with Crippen LogP contribution in [-0.2, 0) is 14.8 Å². The maximum Gasteiger partial charge on any atom is 0.243 e. The van der Waals surface area contributed by atoms with Gasteiger partial charge < -0.3 is 14.5 Å². The summed E-state index contributed by atoms with van der Waals surface area (Å²) in [7, 11) is -3.57. The Balaban J connectivity index is 1.32. The van der Waals surface area contributed by atoms with Gasteiger partial charge in [-0.2, -0.15) is 9.40 Å². The van der Waals surface area contributed by atoms with Crippen molar-refractivity contribution in [1.82, 2.24) is 14.5 Å². The van der Waals surface area contributed by atoms with Gasteiger partial charge in [0.15, 0.2) is 5.82 Å². The van der Waals surface area contributed by atoms with E-state index in [0.717, 1.165) is 35.4 Å². The minimum Gasteiger partial charge on any atom is -0.378 e. The first kappa shape index (κ1) is 20.2. The van der Waals surface area contributed by atoms with Crippen LogP contribution in [0.5, 0.6) is 0 Å². The first-order valence-electron chi connectivity index (χ1n) is 10.5. The monoisotopic (exact) mass is 439 g/mol. The summed E-state index contributed by atoms with van der Waals surface area (Å²) in [5.41, 5.74) is 1.03. The molecule has 8 nitrogen and oxygen atoms in total. The maximum absolute atomic E-state index is 13.4. The van der Waals surface area contributed by atoms with E-state index >= 15 is 0 Å². The number of sulfonamides is 1. The van der Waals surface area contributed by atoms with Gasteiger partial charge in [-0.3, -0.25) is 0 Å². The SMILES string of the molecule is O=S(=O)(c1cccc2ccccc12)N1CCN(c2cc(N3CCOCC3)cnn2)CC1. The molecule has 0 N–H and O–H groups in total. The molecule has 0 amide bonds. The number of fused-ring (bicyclic) bond motifs is 1. The molecule has 2 saturated heterocycles. The highest BCUT2D eigenvalue weighted by Gasteiger charge is 2.30. The van der Waals surface area contributed by atoms with Crippen LogP contribution in [0.4, 0.5) is 11.5 Å². The number of rotatable bonds is 4. The second kappa shape index (κ2) is 8.41. The molecule has 0 spiro atoms. The van der Waals surface area contributed by atoms with E-state index in [4.69, 9.17) is 4.74 Å². The molecule has 0 bridgehead atoms. The van der Waals surface area contributed by atoms with Crippen molar-refractivity contribution in [2.45, 2.75) is 4.90 Å². The highest BCUT2D eigenvalue weighted by atomic mass is 32.2. The number of morpholine rings is 1. The van der Waals surface area contributed by atoms with Gasteiger partial charge in [0, 0.05) is 50.7 Å². The van der Waals surface area contributed by atoms with Crippen LogP contribution in [0.25, 0.3) is 10.8 Å². The van der Waals surface area contributed by atoms with Crippen LogP contribution in [0, 0.1) is 0 Å². The fraction of sp³-hybridized carbons (Fsp3) is 0.364. The van der Waals surface area contributed by atoms with Crippen LogP contribution in [0.2, 0.25) is 0 Å². The minimum absolute atomic E-state index is 0.369. The molecule has 5 rings (SSSR count). The van der Waals surface area contributed by atoms with E-state index in [0.29, 0.717) is 44.3 Å². The van der Waals surface area contributed by atoms with Crippen molar-refractivity contribution in [1.29, 1.82) is 0 Å². The van der Waals surface area contributed by atoms with Gasteiger partial charge in [0.05, 0.1) is 30.0 Å². The fourth-order valence-corrected chi connectivity index (χ4v) is 5.85. The highest BCUT2D eigenvalue weighted by Crippen LogP contribution is 2.27. The molecule has 0 unspecified atom stereocenters. The lowest BCUT2D eigenvalue weighted by Gasteiger charge is -2.35. The lowest BCUT2D eigenvalue weighted by Crippen LogP contribution is -2.49. The number of anilines is 2. The molecule has 0 atom stereocenters. The van der Waals surface area contributed by atoms with Crippen LogP contribution in [-0.4, -0.2) is 75.4 Å². The van der Waals surface area contributed by atoms with E-state index < -0.39 is 10.0 Å². The molecule has 2 fully saturated rings. The lowest BCUT2D eigenvalue weighted by atomic mass is 10.1. The fourth-order valence-electron chi connectivity index (χ4n) is 4.21. The van der Waals surface area contributed by atoms with Crippen LogP contribution in [0.1, 0.15) is 0 Å². The molecule has 3 heterocycles. The number of nitrogens with zero attached hydrogens (tertiary/aromatic N) is 5. The summed E-state index contributed by atoms with van der Waals surface area (Å²) >= 11 is 0. The minimum atomic E-state index is -3.57. The first-order valence-corrected chi connectivity index (χ1v) is 12.0. The Morgan fingerprint density at radius 2 is 1.58 bits per heavy atom. The van der Waals surface area contributed by atoms with Crippen molar-refractivity contribution < 1.29 is 13.2 Å². The van der Waals surface area contributed by atoms with E-state index in [1.54, 1.807) is 22.6 Å². The summed E-state index contributed by atoms with van der Waals surface area (Å²) in [6, 6.07) is 15.1. The van der Waals surface area contributed by atoms with Crippen molar-refractivity contribution in [3.05, 3.63) is 54.7 Å².